The van der Waals surface area contributed by atoms with E-state index in [4.69, 9.17) is 9.47 Å². The zero-order valence-corrected chi connectivity index (χ0v) is 12.4. The highest BCUT2D eigenvalue weighted by Gasteiger charge is 2.44. The topological polar surface area (TPSA) is 96.2 Å². The number of phenols is 2. The smallest absolute Gasteiger partial charge is 0.205 e. The molecule has 2 aromatic carbocycles. The lowest BCUT2D eigenvalue weighted by Gasteiger charge is -2.32. The molecular formula is C17H16O6. The van der Waals surface area contributed by atoms with Crippen LogP contribution in [0.25, 0.3) is 0 Å². The van der Waals surface area contributed by atoms with Gasteiger partial charge in [0.1, 0.15) is 35.2 Å². The summed E-state index contributed by atoms with van der Waals surface area (Å²) in [5.74, 6) is -0.531. The van der Waals surface area contributed by atoms with Crippen molar-refractivity contribution in [2.75, 3.05) is 13.7 Å². The van der Waals surface area contributed by atoms with Crippen molar-refractivity contribution in [3.05, 3.63) is 47.5 Å². The maximum atomic E-state index is 12.6. The highest BCUT2D eigenvalue weighted by atomic mass is 16.5. The van der Waals surface area contributed by atoms with Crippen LogP contribution in [0.4, 0.5) is 0 Å². The minimum atomic E-state index is -1.78. The summed E-state index contributed by atoms with van der Waals surface area (Å²) < 4.78 is 10.4. The summed E-state index contributed by atoms with van der Waals surface area (Å²) in [4.78, 5) is 12.6. The summed E-state index contributed by atoms with van der Waals surface area (Å²) in [6, 6.07) is 9.23. The van der Waals surface area contributed by atoms with Crippen molar-refractivity contribution in [3.8, 4) is 23.0 Å². The van der Waals surface area contributed by atoms with E-state index in [0.29, 0.717) is 5.75 Å². The number of carbonyl (C=O) groups excluding carboxylic acids is 1. The normalized spacial score (nSPS) is 19.8. The lowest BCUT2D eigenvalue weighted by atomic mass is 9.85. The molecule has 0 aromatic heterocycles. The summed E-state index contributed by atoms with van der Waals surface area (Å²) in [5, 5.41) is 30.0. The fraction of sp³-hybridized carbons (Fsp3) is 0.235. The third-order valence-electron chi connectivity index (χ3n) is 3.84. The number of fused-ring (bicyclic) bond motifs is 1. The van der Waals surface area contributed by atoms with Crippen molar-refractivity contribution in [1.82, 2.24) is 0 Å². The van der Waals surface area contributed by atoms with Gasteiger partial charge < -0.3 is 24.8 Å². The van der Waals surface area contributed by atoms with Crippen LogP contribution < -0.4 is 9.47 Å². The number of benzene rings is 2. The van der Waals surface area contributed by atoms with Gasteiger partial charge in [0, 0.05) is 18.6 Å². The fourth-order valence-electron chi connectivity index (χ4n) is 2.64. The molecule has 120 valence electrons. The van der Waals surface area contributed by atoms with Crippen molar-refractivity contribution in [1.29, 1.82) is 0 Å². The van der Waals surface area contributed by atoms with Crippen LogP contribution in [0.5, 0.6) is 23.0 Å². The molecule has 0 radical (unpaired) electrons. The molecule has 23 heavy (non-hydrogen) atoms. The van der Waals surface area contributed by atoms with Gasteiger partial charge in [0.15, 0.2) is 5.60 Å². The molecule has 1 aliphatic heterocycles. The highest BCUT2D eigenvalue weighted by Crippen LogP contribution is 2.39. The molecule has 3 rings (SSSR count). The Morgan fingerprint density at radius 3 is 2.57 bits per heavy atom. The Bertz CT molecular complexity index is 752. The van der Waals surface area contributed by atoms with Crippen molar-refractivity contribution in [2.24, 2.45) is 0 Å². The summed E-state index contributed by atoms with van der Waals surface area (Å²) >= 11 is 0. The number of carbonyl (C=O) groups is 1. The molecule has 1 atom stereocenters. The Morgan fingerprint density at radius 1 is 1.22 bits per heavy atom. The van der Waals surface area contributed by atoms with Crippen LogP contribution in [0.1, 0.15) is 15.9 Å². The SMILES string of the molecule is COc1ccc(CC2(O)COc3cc(O)cc(O)c3C2=O)cc1. The molecule has 0 saturated carbocycles. The van der Waals surface area contributed by atoms with E-state index in [-0.39, 0.29) is 30.1 Å². The zero-order valence-electron chi connectivity index (χ0n) is 12.4. The minimum absolute atomic E-state index is 0.0373. The maximum Gasteiger partial charge on any atom is 0.205 e. The van der Waals surface area contributed by atoms with Crippen LogP contribution in [0.3, 0.4) is 0 Å². The van der Waals surface area contributed by atoms with E-state index in [1.807, 2.05) is 0 Å². The van der Waals surface area contributed by atoms with Crippen molar-refractivity contribution in [3.63, 3.8) is 0 Å². The van der Waals surface area contributed by atoms with E-state index in [0.717, 1.165) is 11.6 Å². The second kappa shape index (κ2) is 5.48. The quantitative estimate of drug-likeness (QED) is 0.797. The predicted molar refractivity (Wildman–Crippen MR) is 81.2 cm³/mol. The molecule has 0 bridgehead atoms. The number of rotatable bonds is 3. The lowest BCUT2D eigenvalue weighted by molar-refractivity contribution is -0.00240. The average molecular weight is 316 g/mol. The highest BCUT2D eigenvalue weighted by molar-refractivity contribution is 6.08. The van der Waals surface area contributed by atoms with Crippen LogP contribution in [-0.2, 0) is 6.42 Å². The number of hydrogen-bond donors (Lipinski definition) is 3. The first-order valence-corrected chi connectivity index (χ1v) is 7.02. The van der Waals surface area contributed by atoms with Gasteiger partial charge in [-0.1, -0.05) is 12.1 Å². The van der Waals surface area contributed by atoms with Crippen LogP contribution in [0.15, 0.2) is 36.4 Å². The van der Waals surface area contributed by atoms with Crippen LogP contribution >= 0.6 is 0 Å². The Balaban J connectivity index is 1.91. The third kappa shape index (κ3) is 2.68. The molecule has 0 amide bonds. The van der Waals surface area contributed by atoms with Gasteiger partial charge in [-0.3, -0.25) is 4.79 Å². The van der Waals surface area contributed by atoms with E-state index in [9.17, 15) is 20.1 Å². The van der Waals surface area contributed by atoms with Crippen LogP contribution in [0.2, 0.25) is 0 Å². The van der Waals surface area contributed by atoms with Gasteiger partial charge in [-0.25, -0.2) is 0 Å². The van der Waals surface area contributed by atoms with E-state index >= 15 is 0 Å². The molecule has 0 aliphatic carbocycles. The van der Waals surface area contributed by atoms with Gasteiger partial charge in [0.05, 0.1) is 7.11 Å². The summed E-state index contributed by atoms with van der Waals surface area (Å²) in [6.45, 7) is -0.256. The third-order valence-corrected chi connectivity index (χ3v) is 3.84. The summed E-state index contributed by atoms with van der Waals surface area (Å²) in [7, 11) is 1.55. The van der Waals surface area contributed by atoms with Crippen LogP contribution in [0, 0.1) is 0 Å². The Kier molecular flexibility index (Phi) is 3.61. The fourth-order valence-corrected chi connectivity index (χ4v) is 2.64. The number of methoxy groups -OCH3 is 1. The van der Waals surface area contributed by atoms with E-state index in [2.05, 4.69) is 0 Å². The Morgan fingerprint density at radius 2 is 1.91 bits per heavy atom. The molecule has 1 heterocycles. The largest absolute Gasteiger partial charge is 0.508 e. The molecule has 1 unspecified atom stereocenters. The van der Waals surface area contributed by atoms with Gasteiger partial charge in [0.2, 0.25) is 5.78 Å². The van der Waals surface area contributed by atoms with Crippen LogP contribution in [-0.4, -0.2) is 40.4 Å². The molecular weight excluding hydrogens is 300 g/mol. The lowest BCUT2D eigenvalue weighted by Crippen LogP contribution is -2.49. The maximum absolute atomic E-state index is 12.6. The molecule has 6 heteroatoms. The molecule has 3 N–H and O–H groups in total. The first kappa shape index (κ1) is 15.2. The predicted octanol–water partition coefficient (Wildman–Crippen LogP) is 1.66. The van der Waals surface area contributed by atoms with E-state index < -0.39 is 17.1 Å². The number of phenolic OH excluding ortho intramolecular Hbond substituents is 2. The number of Topliss-reactive ketones (excluding diaryl/α,β-unsaturated/α-hetero) is 1. The number of ketones is 1. The molecule has 0 spiro atoms. The monoisotopic (exact) mass is 316 g/mol. The van der Waals surface area contributed by atoms with Gasteiger partial charge in [-0.05, 0) is 17.7 Å². The number of aromatic hydroxyl groups is 2. The zero-order chi connectivity index (χ0) is 16.6. The van der Waals surface area contributed by atoms with Gasteiger partial charge in [-0.2, -0.15) is 0 Å². The van der Waals surface area contributed by atoms with E-state index in [1.165, 1.54) is 6.07 Å². The first-order valence-electron chi connectivity index (χ1n) is 7.02. The van der Waals surface area contributed by atoms with Gasteiger partial charge in [0.25, 0.3) is 0 Å². The van der Waals surface area contributed by atoms with Crippen molar-refractivity contribution >= 4 is 5.78 Å². The Hall–Kier alpha value is -2.73. The number of hydrogen-bond acceptors (Lipinski definition) is 6. The minimum Gasteiger partial charge on any atom is -0.508 e. The van der Waals surface area contributed by atoms with Crippen molar-refractivity contribution in [2.45, 2.75) is 12.0 Å². The molecule has 0 saturated heterocycles. The van der Waals surface area contributed by atoms with E-state index in [1.54, 1.807) is 31.4 Å². The molecule has 6 nitrogen and oxygen atoms in total. The second-order valence-corrected chi connectivity index (χ2v) is 5.51. The molecule has 2 aromatic rings. The Labute approximate surface area is 132 Å². The summed E-state index contributed by atoms with van der Waals surface area (Å²) in [6.07, 6.45) is 0.0373. The first-order chi connectivity index (χ1) is 10.9. The van der Waals surface area contributed by atoms with Gasteiger partial charge in [-0.15, -0.1) is 0 Å². The number of ether oxygens (including phenoxy) is 2. The standard InChI is InChI=1S/C17H16O6/c1-22-12-4-2-10(3-5-12)8-17(21)9-23-14-7-11(18)6-13(19)15(14)16(17)20/h2-7,18-19,21H,8-9H2,1H3. The average Bonchev–Trinajstić information content (AvgIpc) is 2.52. The second-order valence-electron chi connectivity index (χ2n) is 5.51. The van der Waals surface area contributed by atoms with Gasteiger partial charge >= 0.3 is 0 Å². The summed E-state index contributed by atoms with van der Waals surface area (Å²) in [5.41, 5.74) is -1.17. The van der Waals surface area contributed by atoms with Crippen molar-refractivity contribution < 1.29 is 29.6 Å². The number of aliphatic hydroxyl groups is 1. The molecule has 0 fully saturated rings. The molecule has 1 aliphatic rings.